The first-order chi connectivity index (χ1) is 36.1. The number of allylic oxidation sites excluding steroid dienone is 2. The third-order valence-electron chi connectivity index (χ3n) is 23.5. The van der Waals surface area contributed by atoms with Gasteiger partial charge >= 0.3 is 34.5 Å². The van der Waals surface area contributed by atoms with E-state index in [0.717, 1.165) is 102 Å². The van der Waals surface area contributed by atoms with Crippen LogP contribution in [-0.2, 0) is 34.6 Å². The Morgan fingerprint density at radius 3 is 1.18 bits per heavy atom. The van der Waals surface area contributed by atoms with Gasteiger partial charge in [0.2, 0.25) is 0 Å². The standard InChI is InChI=1S/3C16H21NS.C16H17NS.2ClH.2Rh/c4*1-16(2)11-6-10-7-14(15-4-3-5-18-15)17-9-12(10)13(16)8-11;;;;/h3*3,5,10-14H,6-9H2,1-2H3;3,5,7,9,11,13-14H,6,8H2,1-2H3;2*1H;;/q4*-2;;;;+2. The molecule has 12 aliphatic carbocycles. The molecule has 4 aromatic heterocycles. The van der Waals surface area contributed by atoms with E-state index in [9.17, 15) is 0 Å². The van der Waals surface area contributed by atoms with E-state index < -0.39 is 0 Å². The molecular weight excluding hydrogens is 1230 g/mol. The Hall–Kier alpha value is -0.213. The molecule has 20 rings (SSSR count). The Bertz CT molecular complexity index is 2390. The first-order valence-electron chi connectivity index (χ1n) is 28.8. The van der Waals surface area contributed by atoms with Crippen LogP contribution in [0.15, 0.2) is 69.2 Å². The van der Waals surface area contributed by atoms with E-state index in [0.29, 0.717) is 39.8 Å². The third kappa shape index (κ3) is 10.6. The summed E-state index contributed by atoms with van der Waals surface area (Å²) in [7, 11) is 8.56. The van der Waals surface area contributed by atoms with E-state index >= 15 is 0 Å². The van der Waals surface area contributed by atoms with E-state index in [-0.39, 0.29) is 40.7 Å². The van der Waals surface area contributed by atoms with Crippen LogP contribution in [0.3, 0.4) is 0 Å². The van der Waals surface area contributed by atoms with Gasteiger partial charge in [-0.15, -0.1) is 57.3 Å². The fourth-order valence-corrected chi connectivity index (χ4v) is 21.2. The van der Waals surface area contributed by atoms with Crippen molar-refractivity contribution in [3.8, 4) is 0 Å². The smallest absolute Gasteiger partial charge is 0 e. The second-order valence-electron chi connectivity index (χ2n) is 27.6. The van der Waals surface area contributed by atoms with Crippen molar-refractivity contribution in [2.75, 3.05) is 19.6 Å². The molecule has 0 amide bonds. The first kappa shape index (κ1) is 57.6. The summed E-state index contributed by atoms with van der Waals surface area (Å²) in [6, 6.07) is 23.1. The Labute approximate surface area is 503 Å². The van der Waals surface area contributed by atoms with Crippen molar-refractivity contribution in [2.45, 2.75) is 150 Å². The maximum Gasteiger partial charge on any atom is 0 e. The molecule has 18 unspecified atom stereocenters. The maximum atomic E-state index is 4.98. The molecule has 12 saturated carbocycles. The normalized spacial score (nSPS) is 40.8. The summed E-state index contributed by atoms with van der Waals surface area (Å²) in [5.41, 5.74) is 5.42. The van der Waals surface area contributed by atoms with Gasteiger partial charge in [0.25, 0.3) is 0 Å². The zero-order valence-electron chi connectivity index (χ0n) is 46.0. The van der Waals surface area contributed by atoms with Gasteiger partial charge in [0.15, 0.2) is 0 Å². The van der Waals surface area contributed by atoms with Gasteiger partial charge in [0, 0.05) is 19.5 Å². The Morgan fingerprint density at radius 2 is 0.855 bits per heavy atom. The third-order valence-corrected chi connectivity index (χ3v) is 27.1. The van der Waals surface area contributed by atoms with Crippen molar-refractivity contribution < 1.29 is 54.0 Å². The summed E-state index contributed by atoms with van der Waals surface area (Å²) in [6.07, 6.45) is 19.9. The Morgan fingerprint density at radius 1 is 0.487 bits per heavy atom. The second-order valence-corrected chi connectivity index (χ2v) is 34.3. The molecule has 3 saturated heterocycles. The molecule has 4 nitrogen and oxygen atoms in total. The SMILES string of the molecule is CC1(C)C2CC3=CC(c4[c-]ccs4)[N-]C=C3C1C2.CC1(C)C2CC3CC(c4[c-]ccs4)[N-]CC3C1C2.CC1(C)C2CC3CC(c4[c-]ccs4)[N-]CC3C1C2.CC1(C)C2CC3CC(c4[c-]ccs4)[N-]CC3C1C2.[ClH+][Rh][ClH+].[Rh]. The minimum Gasteiger partial charge on any atom is 0 e. The summed E-state index contributed by atoms with van der Waals surface area (Å²) in [6.45, 7) is 23.1. The van der Waals surface area contributed by atoms with Gasteiger partial charge in [-0.25, -0.2) is 48.5 Å². The van der Waals surface area contributed by atoms with Crippen LogP contribution in [-0.4, -0.2) is 19.6 Å². The van der Waals surface area contributed by atoms with Crippen LogP contribution in [0.25, 0.3) is 21.3 Å². The van der Waals surface area contributed by atoms with Crippen molar-refractivity contribution in [1.29, 1.82) is 0 Å². The molecule has 1 radical (unpaired) electrons. The van der Waals surface area contributed by atoms with Crippen LogP contribution in [0.2, 0.25) is 0 Å². The van der Waals surface area contributed by atoms with Crippen LogP contribution in [0.4, 0.5) is 0 Å². The van der Waals surface area contributed by atoms with Crippen LogP contribution < -0.4 is 0 Å². The van der Waals surface area contributed by atoms with Gasteiger partial charge in [-0.3, -0.25) is 45.3 Å². The van der Waals surface area contributed by atoms with Gasteiger partial charge in [-0.1, -0.05) is 116 Å². The van der Waals surface area contributed by atoms with E-state index in [1.807, 2.05) is 58.3 Å². The van der Waals surface area contributed by atoms with Crippen molar-refractivity contribution >= 4 is 45.3 Å². The van der Waals surface area contributed by atoms with E-state index in [1.165, 1.54) is 95.7 Å². The van der Waals surface area contributed by atoms with Crippen molar-refractivity contribution in [2.24, 2.45) is 105 Å². The fourth-order valence-electron chi connectivity index (χ4n) is 18.3. The van der Waals surface area contributed by atoms with Gasteiger partial charge in [0.05, 0.1) is 0 Å². The number of hydrogen-bond donors (Lipinski definition) is 0. The summed E-state index contributed by atoms with van der Waals surface area (Å²) in [5.74, 6) is 13.0. The predicted octanol–water partition coefficient (Wildman–Crippen LogP) is 18.3. The number of nitrogens with zero attached hydrogens (tertiary/aromatic N) is 4. The number of hydrogen-bond acceptors (Lipinski definition) is 4. The van der Waals surface area contributed by atoms with Gasteiger partial charge in [-0.05, 0) is 138 Å². The first-order valence-corrected chi connectivity index (χ1v) is 36.9. The molecule has 8 heterocycles. The molecule has 12 heteroatoms. The van der Waals surface area contributed by atoms with Gasteiger partial charge < -0.3 is 21.3 Å². The quantitative estimate of drug-likeness (QED) is 0.144. The molecule has 420 valence electrons. The number of piperidine rings is 3. The molecule has 0 N–H and O–H groups in total. The molecule has 76 heavy (non-hydrogen) atoms. The average Bonchev–Trinajstić information content (AvgIpc) is 4.30. The molecule has 8 bridgehead atoms. The second kappa shape index (κ2) is 23.1. The van der Waals surface area contributed by atoms with Crippen LogP contribution in [0.1, 0.15) is 170 Å². The zero-order chi connectivity index (χ0) is 52.0. The zero-order valence-corrected chi connectivity index (χ0v) is 54.1. The van der Waals surface area contributed by atoms with Gasteiger partial charge in [0.1, 0.15) is 0 Å². The predicted molar refractivity (Wildman–Crippen MR) is 305 cm³/mol. The molecule has 4 aromatic rings. The van der Waals surface area contributed by atoms with Crippen molar-refractivity contribution in [3.05, 3.63) is 134 Å². The summed E-state index contributed by atoms with van der Waals surface area (Å²) >= 11 is 7.25. The monoisotopic (exact) mass is 1310 g/mol. The average molecular weight is 1310 g/mol. The molecule has 0 spiro atoms. The minimum atomic E-state index is -0.00333. The topological polar surface area (TPSA) is 56.4 Å². The molecule has 16 aliphatic rings. The van der Waals surface area contributed by atoms with Crippen molar-refractivity contribution in [1.82, 2.24) is 0 Å². The number of halogens is 2. The summed E-state index contributed by atoms with van der Waals surface area (Å²) < 4.78 is 0. The molecule has 18 atom stereocenters. The molecular formula is C64H82Cl2N4Rh2S4-6. The molecule has 4 aliphatic heterocycles. The van der Waals surface area contributed by atoms with E-state index in [4.69, 9.17) is 21.3 Å². The summed E-state index contributed by atoms with van der Waals surface area (Å²) in [4.78, 5) is 5.35. The largest absolute Gasteiger partial charge is 0 e. The fraction of sp³-hybridized carbons (Fsp3) is 0.688. The van der Waals surface area contributed by atoms with Crippen LogP contribution in [0.5, 0.6) is 0 Å². The Balaban J connectivity index is 0.000000106. The Kier molecular flexibility index (Phi) is 17.5. The van der Waals surface area contributed by atoms with Crippen LogP contribution >= 0.6 is 45.3 Å². The van der Waals surface area contributed by atoms with Gasteiger partial charge in [-0.2, -0.15) is 27.7 Å². The van der Waals surface area contributed by atoms with Crippen molar-refractivity contribution in [3.63, 3.8) is 0 Å². The number of thiophene rings is 4. The maximum absolute atomic E-state index is 4.98. The minimum absolute atomic E-state index is 0. The van der Waals surface area contributed by atoms with Crippen LogP contribution in [0, 0.1) is 148 Å². The molecule has 15 fully saturated rings. The van der Waals surface area contributed by atoms with E-state index in [1.54, 1.807) is 16.9 Å². The molecule has 0 aromatic carbocycles. The summed E-state index contributed by atoms with van der Waals surface area (Å²) in [5, 5.41) is 28.2. The van der Waals surface area contributed by atoms with E-state index in [2.05, 4.69) is 133 Å². The number of rotatable bonds is 4.